The number of rotatable bonds is 10. The fourth-order valence-corrected chi connectivity index (χ4v) is 7.80. The molecule has 1 fully saturated rings. The van der Waals surface area contributed by atoms with Crippen molar-refractivity contribution < 1.29 is 62.7 Å². The molecule has 0 bridgehead atoms. The van der Waals surface area contributed by atoms with Crippen LogP contribution in [0.2, 0.25) is 5.15 Å². The molecule has 1 aliphatic rings. The minimum Gasteiger partial charge on any atom is -0.387 e. The van der Waals surface area contributed by atoms with E-state index < -0.39 is 79.5 Å². The molecule has 0 aliphatic carbocycles. The molecular formula is C19H22ClF5N4O9P2S. The molecule has 0 amide bonds. The number of pyridine rings is 1. The number of halogens is 6. The highest BCUT2D eigenvalue weighted by molar-refractivity contribution is 8.45. The van der Waals surface area contributed by atoms with E-state index in [1.807, 2.05) is 0 Å². The first kappa shape index (κ1) is 32.0. The van der Waals surface area contributed by atoms with E-state index in [2.05, 4.69) is 19.9 Å². The summed E-state index contributed by atoms with van der Waals surface area (Å²) in [6, 6.07) is 4.33. The van der Waals surface area contributed by atoms with E-state index in [4.69, 9.17) is 26.1 Å². The maximum atomic E-state index is 13.5. The molecule has 3 aromatic rings. The number of aromatic nitrogens is 3. The van der Waals surface area contributed by atoms with Gasteiger partial charge in [-0.3, -0.25) is 9.13 Å². The van der Waals surface area contributed by atoms with Crippen molar-refractivity contribution in [3.63, 3.8) is 0 Å². The summed E-state index contributed by atoms with van der Waals surface area (Å²) in [5.41, 5.74) is -0.844. The summed E-state index contributed by atoms with van der Waals surface area (Å²) < 4.78 is 102. The van der Waals surface area contributed by atoms with Gasteiger partial charge in [0.15, 0.2) is 17.8 Å². The molecule has 41 heavy (non-hydrogen) atoms. The second kappa shape index (κ2) is 10.1. The number of anilines is 1. The zero-order valence-corrected chi connectivity index (χ0v) is 23.5. The van der Waals surface area contributed by atoms with Crippen molar-refractivity contribution in [2.24, 2.45) is 0 Å². The van der Waals surface area contributed by atoms with E-state index in [0.717, 1.165) is 29.1 Å². The molecule has 13 nitrogen and oxygen atoms in total. The van der Waals surface area contributed by atoms with E-state index in [1.54, 1.807) is 0 Å². The summed E-state index contributed by atoms with van der Waals surface area (Å²) in [6.45, 7) is -1.58. The molecule has 0 spiro atoms. The highest BCUT2D eigenvalue weighted by atomic mass is 35.5. The maximum absolute atomic E-state index is 13.5. The van der Waals surface area contributed by atoms with Crippen LogP contribution in [0.5, 0.6) is 0 Å². The second-order valence-corrected chi connectivity index (χ2v) is 15.8. The van der Waals surface area contributed by atoms with E-state index in [0.29, 0.717) is 0 Å². The van der Waals surface area contributed by atoms with Gasteiger partial charge in [0.1, 0.15) is 28.4 Å². The van der Waals surface area contributed by atoms with Crippen molar-refractivity contribution in [3.8, 4) is 0 Å². The third kappa shape index (κ3) is 7.55. The van der Waals surface area contributed by atoms with E-state index in [1.165, 1.54) is 6.07 Å². The number of fused-ring (bicyclic) bond motifs is 1. The summed E-state index contributed by atoms with van der Waals surface area (Å²) in [5, 5.41) is 27.3. The highest BCUT2D eigenvalue weighted by Crippen LogP contribution is 3.02. The molecule has 3 heterocycles. The highest BCUT2D eigenvalue weighted by Gasteiger charge is 2.66. The number of hydrogen-bond donors (Lipinski definition) is 6. The van der Waals surface area contributed by atoms with Gasteiger partial charge in [-0.05, 0) is 17.7 Å². The van der Waals surface area contributed by atoms with Gasteiger partial charge in [0.25, 0.3) is 0 Å². The maximum Gasteiger partial charge on any atom is 0.340 e. The van der Waals surface area contributed by atoms with Gasteiger partial charge in [0, 0.05) is 6.54 Å². The van der Waals surface area contributed by atoms with Crippen LogP contribution in [0.25, 0.3) is 11.0 Å². The molecule has 230 valence electrons. The van der Waals surface area contributed by atoms with Crippen molar-refractivity contribution in [2.75, 3.05) is 17.8 Å². The predicted molar refractivity (Wildman–Crippen MR) is 136 cm³/mol. The van der Waals surface area contributed by atoms with E-state index >= 15 is 0 Å². The Hall–Kier alpha value is -1.89. The fraction of sp³-hybridized carbons (Fsp3) is 0.368. The number of aliphatic hydroxyl groups is 2. The summed E-state index contributed by atoms with van der Waals surface area (Å²) >= 11 is 6.05. The average Bonchev–Trinajstić information content (AvgIpc) is 3.34. The molecule has 1 saturated heterocycles. The number of aliphatic hydroxyl groups excluding tert-OH is 2. The van der Waals surface area contributed by atoms with Gasteiger partial charge in [-0.2, -0.15) is 5.10 Å². The van der Waals surface area contributed by atoms with Gasteiger partial charge < -0.3 is 39.5 Å². The molecule has 6 N–H and O–H groups in total. The zero-order chi connectivity index (χ0) is 30.7. The van der Waals surface area contributed by atoms with Crippen LogP contribution in [0.3, 0.4) is 0 Å². The summed E-state index contributed by atoms with van der Waals surface area (Å²) in [4.78, 5) is 29.4. The first-order valence-electron chi connectivity index (χ1n) is 11.2. The molecule has 0 radical (unpaired) electrons. The van der Waals surface area contributed by atoms with Crippen molar-refractivity contribution in [2.45, 2.75) is 36.0 Å². The van der Waals surface area contributed by atoms with Crippen LogP contribution in [0.15, 0.2) is 41.4 Å². The number of benzene rings is 1. The summed E-state index contributed by atoms with van der Waals surface area (Å²) in [5.74, 6) is -1.50. The predicted octanol–water partition coefficient (Wildman–Crippen LogP) is 4.31. The van der Waals surface area contributed by atoms with Crippen LogP contribution in [0, 0.1) is 0 Å². The van der Waals surface area contributed by atoms with Crippen LogP contribution in [0.1, 0.15) is 11.8 Å². The minimum atomic E-state index is -10.0. The molecule has 1 aromatic carbocycles. The Labute approximate surface area is 232 Å². The molecule has 5 atom stereocenters. The van der Waals surface area contributed by atoms with Crippen molar-refractivity contribution in [3.05, 3.63) is 47.2 Å². The first-order valence-corrected chi connectivity index (χ1v) is 17.1. The van der Waals surface area contributed by atoms with E-state index in [-0.39, 0.29) is 27.9 Å². The smallest absolute Gasteiger partial charge is 0.340 e. The fourth-order valence-electron chi connectivity index (χ4n) is 4.07. The Morgan fingerprint density at radius 2 is 1.76 bits per heavy atom. The van der Waals surface area contributed by atoms with Crippen molar-refractivity contribution in [1.29, 1.82) is 0 Å². The average molecular weight is 675 g/mol. The molecule has 22 heteroatoms. The number of hydrogen-bond acceptors (Lipinski definition) is 9. The third-order valence-corrected chi connectivity index (χ3v) is 10.7. The van der Waals surface area contributed by atoms with Gasteiger partial charge in [0.05, 0.1) is 23.9 Å². The molecule has 1 aliphatic heterocycles. The van der Waals surface area contributed by atoms with Crippen LogP contribution < -0.4 is 5.32 Å². The molecule has 2 unspecified atom stereocenters. The van der Waals surface area contributed by atoms with Crippen LogP contribution in [-0.4, -0.2) is 70.5 Å². The summed E-state index contributed by atoms with van der Waals surface area (Å²) in [7, 11) is -19.8. The van der Waals surface area contributed by atoms with Crippen molar-refractivity contribution >= 4 is 53.7 Å². The number of nitrogens with zero attached hydrogens (tertiary/aromatic N) is 3. The molecule has 0 saturated carbocycles. The lowest BCUT2D eigenvalue weighted by Gasteiger charge is -2.41. The molecule has 2 aromatic heterocycles. The normalized spacial score (nSPS) is 25.0. The Kier molecular flexibility index (Phi) is 7.89. The quantitative estimate of drug-likeness (QED) is 0.101. The number of nitrogens with one attached hydrogen (secondary N) is 1. The number of ether oxygens (including phenoxy) is 1. The van der Waals surface area contributed by atoms with E-state index in [9.17, 15) is 43.7 Å². The third-order valence-electron chi connectivity index (χ3n) is 5.77. The largest absolute Gasteiger partial charge is 0.387 e. The van der Waals surface area contributed by atoms with Crippen molar-refractivity contribution in [1.82, 2.24) is 14.8 Å². The van der Waals surface area contributed by atoms with Gasteiger partial charge >= 0.3 is 25.4 Å². The Bertz CT molecular complexity index is 1580. The topological polar surface area (TPSA) is 196 Å². The van der Waals surface area contributed by atoms with Gasteiger partial charge in [-0.1, -0.05) is 49.2 Å². The van der Waals surface area contributed by atoms with Gasteiger partial charge in [0.2, 0.25) is 0 Å². The van der Waals surface area contributed by atoms with Crippen LogP contribution in [0.4, 0.5) is 25.1 Å². The Balaban J connectivity index is 1.57. The molecular weight excluding hydrogens is 653 g/mol. The first-order chi connectivity index (χ1) is 18.5. The van der Waals surface area contributed by atoms with Gasteiger partial charge in [-0.25, -0.2) is 9.67 Å². The monoisotopic (exact) mass is 674 g/mol. The van der Waals surface area contributed by atoms with Gasteiger partial charge in [-0.15, -0.1) is 0 Å². The summed E-state index contributed by atoms with van der Waals surface area (Å²) in [6.07, 6.45) is -5.33. The zero-order valence-electron chi connectivity index (χ0n) is 20.2. The lowest BCUT2D eigenvalue weighted by atomic mass is 10.1. The second-order valence-electron chi connectivity index (χ2n) is 9.03. The lowest BCUT2D eigenvalue weighted by molar-refractivity contribution is -0.0541. The Morgan fingerprint density at radius 3 is 2.39 bits per heavy atom. The molecule has 4 rings (SSSR count). The van der Waals surface area contributed by atoms with Crippen LogP contribution >= 0.6 is 37.0 Å². The Morgan fingerprint density at radius 1 is 1.10 bits per heavy atom. The lowest BCUT2D eigenvalue weighted by Crippen LogP contribution is -2.33. The standard InChI is InChI=1S/C19H22ClF5N4O9P2S/c20-15-5-12(26-6-10-3-1-2-4-14(10)41(21,22,23,24)25)11-7-27-29(18(11)28-15)19-17(31)16(30)13(38-19)8-37-40(35,36)9-39(32,33)34/h1-5,7,13,16-17,19,30-31H,6,8-9H2,(H,26,28)(H,35,36)(H2,32,33,34)/t13-,16?,17+,19-/m1/s1. The SMILES string of the molecule is O=P(O)(O)CP(=O)(O)OC[C@H]1O[C@@H](n2ncc3c(NCc4ccccc4S(F)(F)(F)(F)F)cc(Cl)nc32)[C@@H](O)C1O. The minimum absolute atomic E-state index is 0.0229. The van der Waals surface area contributed by atoms with Crippen LogP contribution in [-0.2, 0) is 24.9 Å².